The van der Waals surface area contributed by atoms with Gasteiger partial charge in [0.2, 0.25) is 11.8 Å². The number of benzene rings is 7. The highest BCUT2D eigenvalue weighted by molar-refractivity contribution is 6.23. The van der Waals surface area contributed by atoms with Gasteiger partial charge >= 0.3 is 12.4 Å². The van der Waals surface area contributed by atoms with Crippen LogP contribution in [0.15, 0.2) is 133 Å². The van der Waals surface area contributed by atoms with Crippen LogP contribution in [0.3, 0.4) is 0 Å². The number of hydrogen-bond acceptors (Lipinski definition) is 2. The van der Waals surface area contributed by atoms with Crippen LogP contribution in [-0.4, -0.2) is 23.8 Å². The van der Waals surface area contributed by atoms with Crippen molar-refractivity contribution in [3.8, 4) is 44.5 Å². The summed E-state index contributed by atoms with van der Waals surface area (Å²) in [5, 5.41) is 1.59. The van der Waals surface area contributed by atoms with Gasteiger partial charge in [-0.2, -0.15) is 26.3 Å². The molecule has 2 amide bonds. The van der Waals surface area contributed by atoms with E-state index in [0.29, 0.717) is 27.8 Å². The van der Waals surface area contributed by atoms with Gasteiger partial charge < -0.3 is 0 Å². The van der Waals surface area contributed by atoms with Gasteiger partial charge in [0.05, 0.1) is 33.8 Å². The zero-order valence-electron chi connectivity index (χ0n) is 30.4. The Balaban J connectivity index is 1.38. The average Bonchev–Trinajstić information content (AvgIpc) is 3.80. The Morgan fingerprint density at radius 2 is 1.00 bits per heavy atom. The van der Waals surface area contributed by atoms with Crippen LogP contribution in [-0.2, 0) is 32.8 Å². The molecule has 1 fully saturated rings. The monoisotopic (exact) mass is 775 g/mol. The standard InChI is InChI=1S/C49H27F6NO2/c1-56-44(57)42-43(45(56)58)47-34-14-5-4-9-29(34)32-12-7-15-35(39(32)47)46(42,25-20-22-27(23-21-25)49(53,54)55)41-38-31-10-3-2-8-28(31)30-11-6-13-33(37(30)38)36(40(41)47)24-16-18-26(19-17-24)48(50,51)52/h2-23,42-43H,1H3/t42?,43?,46-,47+/m1/s1. The molecule has 6 aliphatic rings. The number of alkyl halides is 6. The van der Waals surface area contributed by atoms with E-state index in [4.69, 9.17) is 0 Å². The van der Waals surface area contributed by atoms with E-state index in [2.05, 4.69) is 0 Å². The third-order valence-electron chi connectivity index (χ3n) is 13.8. The highest BCUT2D eigenvalue weighted by atomic mass is 19.4. The number of hydrogen-bond donors (Lipinski definition) is 0. The summed E-state index contributed by atoms with van der Waals surface area (Å²) in [4.78, 5) is 31.5. The number of likely N-dealkylation sites (tertiary alicyclic amines) is 1. The second-order valence-corrected chi connectivity index (χ2v) is 16.0. The second kappa shape index (κ2) is 10.5. The fourth-order valence-electron chi connectivity index (χ4n) is 11.9. The highest BCUT2D eigenvalue weighted by Crippen LogP contribution is 2.77. The van der Waals surface area contributed by atoms with Gasteiger partial charge in [-0.3, -0.25) is 14.5 Å². The number of imide groups is 1. The predicted octanol–water partition coefficient (Wildman–Crippen LogP) is 11.4. The van der Waals surface area contributed by atoms with Crippen LogP contribution in [0.1, 0.15) is 44.5 Å². The van der Waals surface area contributed by atoms with Crippen molar-refractivity contribution in [1.29, 1.82) is 0 Å². The second-order valence-electron chi connectivity index (χ2n) is 16.0. The minimum atomic E-state index is -4.65. The largest absolute Gasteiger partial charge is 0.416 e. The van der Waals surface area contributed by atoms with Gasteiger partial charge in [0.15, 0.2) is 0 Å². The van der Waals surface area contributed by atoms with E-state index in [1.807, 2.05) is 84.9 Å². The Labute approximate surface area is 327 Å². The molecule has 5 aliphatic carbocycles. The van der Waals surface area contributed by atoms with E-state index in [1.165, 1.54) is 36.2 Å². The molecule has 7 aromatic rings. The molecule has 9 heteroatoms. The van der Waals surface area contributed by atoms with Crippen molar-refractivity contribution in [2.45, 2.75) is 23.2 Å². The molecule has 1 spiro atoms. The van der Waals surface area contributed by atoms with E-state index in [9.17, 15) is 26.3 Å². The molecule has 3 nitrogen and oxygen atoms in total. The smallest absolute Gasteiger partial charge is 0.285 e. The molecule has 0 N–H and O–H groups in total. The maximum absolute atomic E-state index is 15.2. The molecule has 282 valence electrons. The van der Waals surface area contributed by atoms with Crippen molar-refractivity contribution in [2.75, 3.05) is 7.05 Å². The number of carbonyl (C=O) groups excluding carboxylic acids is 2. The lowest BCUT2D eigenvalue weighted by molar-refractivity contribution is -0.139. The van der Waals surface area contributed by atoms with Gasteiger partial charge in [-0.05, 0) is 113 Å². The number of rotatable bonds is 2. The van der Waals surface area contributed by atoms with Crippen LogP contribution in [0.4, 0.5) is 26.3 Å². The summed E-state index contributed by atoms with van der Waals surface area (Å²) in [6.07, 6.45) is -9.24. The minimum Gasteiger partial charge on any atom is -0.285 e. The Morgan fingerprint density at radius 3 is 1.67 bits per heavy atom. The molecule has 13 rings (SSSR count). The molecule has 1 aliphatic heterocycles. The van der Waals surface area contributed by atoms with E-state index < -0.39 is 58.0 Å². The van der Waals surface area contributed by atoms with Crippen molar-refractivity contribution in [3.05, 3.63) is 178 Å². The molecular weight excluding hydrogens is 749 g/mol. The van der Waals surface area contributed by atoms with Crippen molar-refractivity contribution in [1.82, 2.24) is 4.90 Å². The summed E-state index contributed by atoms with van der Waals surface area (Å²) >= 11 is 0. The lowest BCUT2D eigenvalue weighted by atomic mass is 9.38. The molecule has 0 radical (unpaired) electrons. The number of amides is 2. The number of fused-ring (bicyclic) bond motifs is 5. The SMILES string of the molecule is CN1C(=O)C2C(C1=O)[C@]1(c3ccc(C(F)(F)F)cc3)c3cccc4c3[C@@]2(c2ccccc2-4)c2c1c1c3c(cccc3c2-c2ccc(C(F)(F)F)cc2)-c2ccccc2-1. The van der Waals surface area contributed by atoms with Crippen molar-refractivity contribution in [3.63, 3.8) is 0 Å². The minimum absolute atomic E-state index is 0.418. The molecule has 58 heavy (non-hydrogen) atoms. The fourth-order valence-corrected chi connectivity index (χ4v) is 11.9. The molecule has 0 aromatic heterocycles. The van der Waals surface area contributed by atoms with Gasteiger partial charge in [0.1, 0.15) is 0 Å². The van der Waals surface area contributed by atoms with E-state index in [-0.39, 0.29) is 0 Å². The van der Waals surface area contributed by atoms with Crippen LogP contribution in [0.5, 0.6) is 0 Å². The third kappa shape index (κ3) is 3.62. The van der Waals surface area contributed by atoms with Crippen LogP contribution < -0.4 is 0 Å². The molecule has 1 heterocycles. The molecule has 1 saturated heterocycles. The summed E-state index contributed by atoms with van der Waals surface area (Å²) in [5.41, 5.74) is 5.88. The Bertz CT molecular complexity index is 3060. The first-order valence-electron chi connectivity index (χ1n) is 19.0. The summed E-state index contributed by atoms with van der Waals surface area (Å²) in [6.45, 7) is 0. The van der Waals surface area contributed by atoms with Gasteiger partial charge in [-0.15, -0.1) is 0 Å². The lowest BCUT2D eigenvalue weighted by Crippen LogP contribution is -2.61. The van der Waals surface area contributed by atoms with Crippen LogP contribution >= 0.6 is 0 Å². The summed E-state index contributed by atoms with van der Waals surface area (Å²) in [7, 11) is 1.47. The lowest BCUT2D eigenvalue weighted by Gasteiger charge is -2.60. The molecular formula is C49H27F6NO2. The molecule has 2 bridgehead atoms. The number of carbonyl (C=O) groups is 2. The summed E-state index contributed by atoms with van der Waals surface area (Å²) < 4.78 is 85.3. The van der Waals surface area contributed by atoms with Gasteiger partial charge in [-0.1, -0.05) is 109 Å². The van der Waals surface area contributed by atoms with Gasteiger partial charge in [0.25, 0.3) is 0 Å². The van der Waals surface area contributed by atoms with Crippen LogP contribution in [0.25, 0.3) is 55.3 Å². The van der Waals surface area contributed by atoms with E-state index >= 15 is 9.59 Å². The molecule has 2 unspecified atom stereocenters. The first kappa shape index (κ1) is 33.6. The average molecular weight is 776 g/mol. The first-order chi connectivity index (χ1) is 27.8. The quantitative estimate of drug-likeness (QED) is 0.130. The molecule has 0 saturated carbocycles. The van der Waals surface area contributed by atoms with Crippen LogP contribution in [0, 0.1) is 11.8 Å². The highest BCUT2D eigenvalue weighted by Gasteiger charge is 2.76. The van der Waals surface area contributed by atoms with E-state index in [0.717, 1.165) is 85.1 Å². The fraction of sp³-hybridized carbons (Fsp3) is 0.143. The van der Waals surface area contributed by atoms with Crippen molar-refractivity contribution >= 4 is 22.6 Å². The van der Waals surface area contributed by atoms with Gasteiger partial charge in [-0.25, -0.2) is 0 Å². The normalized spacial score (nSPS) is 22.9. The topological polar surface area (TPSA) is 37.4 Å². The maximum atomic E-state index is 15.2. The van der Waals surface area contributed by atoms with Crippen molar-refractivity contribution < 1.29 is 35.9 Å². The van der Waals surface area contributed by atoms with Crippen molar-refractivity contribution in [2.24, 2.45) is 11.8 Å². The third-order valence-corrected chi connectivity index (χ3v) is 13.8. The number of halogens is 6. The first-order valence-corrected chi connectivity index (χ1v) is 19.0. The van der Waals surface area contributed by atoms with Gasteiger partial charge in [0, 0.05) is 7.05 Å². The van der Waals surface area contributed by atoms with E-state index in [1.54, 1.807) is 0 Å². The maximum Gasteiger partial charge on any atom is 0.416 e. The zero-order chi connectivity index (χ0) is 39.8. The Morgan fingerprint density at radius 1 is 0.483 bits per heavy atom. The zero-order valence-corrected chi connectivity index (χ0v) is 30.4. The summed E-state index contributed by atoms with van der Waals surface area (Å²) in [6, 6.07) is 37.4. The number of nitrogens with zero attached hydrogens (tertiary/aromatic N) is 1. The Kier molecular flexibility index (Phi) is 6.10. The molecule has 4 atom stereocenters. The molecule has 7 aromatic carbocycles. The summed E-state index contributed by atoms with van der Waals surface area (Å²) in [5.74, 6) is -2.99. The predicted molar refractivity (Wildman–Crippen MR) is 207 cm³/mol. The Hall–Kier alpha value is -6.48. The van der Waals surface area contributed by atoms with Crippen LogP contribution in [0.2, 0.25) is 0 Å².